The quantitative estimate of drug-likeness (QED) is 0.299. The third-order valence-corrected chi connectivity index (χ3v) is 5.96. The van der Waals surface area contributed by atoms with Crippen molar-refractivity contribution in [1.29, 1.82) is 0 Å². The number of nitrogens with zero attached hydrogens (tertiary/aromatic N) is 4. The van der Waals surface area contributed by atoms with Crippen molar-refractivity contribution in [2.24, 2.45) is 0 Å². The van der Waals surface area contributed by atoms with E-state index in [1.807, 2.05) is 54.6 Å². The fourth-order valence-electron chi connectivity index (χ4n) is 4.14. The summed E-state index contributed by atoms with van der Waals surface area (Å²) >= 11 is 0. The van der Waals surface area contributed by atoms with Gasteiger partial charge in [0.25, 0.3) is 0 Å². The van der Waals surface area contributed by atoms with Crippen LogP contribution in [0.3, 0.4) is 0 Å². The van der Waals surface area contributed by atoms with E-state index in [0.29, 0.717) is 35.4 Å². The number of aromatic nitrogens is 3. The summed E-state index contributed by atoms with van der Waals surface area (Å²) in [5.41, 5.74) is 4.72. The van der Waals surface area contributed by atoms with Crippen LogP contribution in [-0.2, 0) is 4.79 Å². The number of hydrogen-bond donors (Lipinski definition) is 3. The minimum Gasteiger partial charge on any atom is -0.380 e. The number of amides is 1. The number of likely N-dealkylation sites (tertiary alicyclic amines) is 1. The van der Waals surface area contributed by atoms with Gasteiger partial charge in [-0.3, -0.25) is 14.7 Å². The van der Waals surface area contributed by atoms with Gasteiger partial charge in [-0.15, -0.1) is 0 Å². The molecule has 2 aromatic heterocycles. The Kier molecular flexibility index (Phi) is 6.81. The zero-order chi connectivity index (χ0) is 24.9. The number of alkyl halides is 1. The lowest BCUT2D eigenvalue weighted by atomic mass is 10.1. The Morgan fingerprint density at radius 3 is 2.67 bits per heavy atom. The van der Waals surface area contributed by atoms with Crippen molar-refractivity contribution in [3.63, 3.8) is 0 Å². The summed E-state index contributed by atoms with van der Waals surface area (Å²) in [6.07, 6.45) is 4.70. The van der Waals surface area contributed by atoms with Gasteiger partial charge in [0.05, 0.1) is 11.7 Å². The number of carbonyl (C=O) groups excluding carboxylic acids is 1. The summed E-state index contributed by atoms with van der Waals surface area (Å²) < 4.78 is 12.4. The lowest BCUT2D eigenvalue weighted by Crippen LogP contribution is -2.55. The third-order valence-electron chi connectivity index (χ3n) is 5.96. The first kappa shape index (κ1) is 23.4. The first-order valence-electron chi connectivity index (χ1n) is 11.7. The van der Waals surface area contributed by atoms with E-state index in [2.05, 4.69) is 37.4 Å². The standard InChI is InChI=1S/C27H26FN7O/c1-2-24(36)32-22-5-3-4-18(14-22)25-26-19(10-12-29-25)15-30-27(34-26)33-21-8-6-20(7-9-21)31-23-16-35(17-23)13-11-28/h2-10,12,14-15,23,31H,1,11,13,16-17H2,(H,32,36)(H,30,33,34). The summed E-state index contributed by atoms with van der Waals surface area (Å²) in [7, 11) is 0. The lowest BCUT2D eigenvalue weighted by molar-refractivity contribution is -0.111. The first-order valence-corrected chi connectivity index (χ1v) is 11.7. The number of carbonyl (C=O) groups is 1. The molecule has 182 valence electrons. The van der Waals surface area contributed by atoms with Crippen LogP contribution in [0.1, 0.15) is 0 Å². The molecule has 0 aliphatic carbocycles. The fraction of sp³-hybridized carbons (Fsp3) is 0.185. The maximum Gasteiger partial charge on any atom is 0.247 e. The third kappa shape index (κ3) is 5.31. The van der Waals surface area contributed by atoms with Gasteiger partial charge in [0, 0.05) is 60.0 Å². The normalized spacial score (nSPS) is 13.7. The zero-order valence-electron chi connectivity index (χ0n) is 19.6. The Morgan fingerprint density at radius 2 is 1.89 bits per heavy atom. The maximum atomic E-state index is 12.4. The van der Waals surface area contributed by atoms with Crippen LogP contribution in [0.5, 0.6) is 0 Å². The molecule has 2 aromatic carbocycles. The van der Waals surface area contributed by atoms with Crippen molar-refractivity contribution >= 4 is 39.8 Å². The van der Waals surface area contributed by atoms with E-state index >= 15 is 0 Å². The summed E-state index contributed by atoms with van der Waals surface area (Å²) in [4.78, 5) is 27.5. The van der Waals surface area contributed by atoms with Crippen LogP contribution in [0.25, 0.3) is 22.2 Å². The zero-order valence-corrected chi connectivity index (χ0v) is 19.6. The summed E-state index contributed by atoms with van der Waals surface area (Å²) in [5, 5.41) is 10.3. The molecule has 0 radical (unpaired) electrons. The van der Waals surface area contributed by atoms with Crippen LogP contribution in [0.15, 0.2) is 79.6 Å². The van der Waals surface area contributed by atoms with Crippen molar-refractivity contribution in [2.45, 2.75) is 6.04 Å². The van der Waals surface area contributed by atoms with E-state index in [1.165, 1.54) is 6.08 Å². The van der Waals surface area contributed by atoms with Crippen LogP contribution >= 0.6 is 0 Å². The monoisotopic (exact) mass is 483 g/mol. The van der Waals surface area contributed by atoms with Crippen LogP contribution in [0.4, 0.5) is 27.4 Å². The average Bonchev–Trinajstić information content (AvgIpc) is 2.88. The Labute approximate surface area is 208 Å². The molecule has 1 aliphatic rings. The summed E-state index contributed by atoms with van der Waals surface area (Å²) in [5.74, 6) is 0.175. The van der Waals surface area contributed by atoms with Crippen molar-refractivity contribution in [3.8, 4) is 11.3 Å². The van der Waals surface area contributed by atoms with E-state index in [0.717, 1.165) is 35.4 Å². The molecule has 9 heteroatoms. The smallest absolute Gasteiger partial charge is 0.247 e. The fourth-order valence-corrected chi connectivity index (χ4v) is 4.14. The molecule has 0 saturated carbocycles. The minimum atomic E-state index is -0.304. The van der Waals surface area contributed by atoms with Crippen LogP contribution in [-0.4, -0.2) is 58.1 Å². The Morgan fingerprint density at radius 1 is 1.08 bits per heavy atom. The van der Waals surface area contributed by atoms with Crippen LogP contribution in [0.2, 0.25) is 0 Å². The number of anilines is 4. The number of fused-ring (bicyclic) bond motifs is 1. The lowest BCUT2D eigenvalue weighted by Gasteiger charge is -2.39. The topological polar surface area (TPSA) is 95.1 Å². The van der Waals surface area contributed by atoms with E-state index in [9.17, 15) is 9.18 Å². The highest BCUT2D eigenvalue weighted by Crippen LogP contribution is 2.28. The second kappa shape index (κ2) is 10.5. The van der Waals surface area contributed by atoms with Crippen molar-refractivity contribution in [2.75, 3.05) is 42.3 Å². The predicted octanol–water partition coefficient (Wildman–Crippen LogP) is 4.63. The molecule has 8 nitrogen and oxygen atoms in total. The van der Waals surface area contributed by atoms with E-state index < -0.39 is 0 Å². The second-order valence-corrected chi connectivity index (χ2v) is 8.56. The van der Waals surface area contributed by atoms with Gasteiger partial charge in [-0.05, 0) is 48.5 Å². The van der Waals surface area contributed by atoms with Gasteiger partial charge in [0.15, 0.2) is 0 Å². The van der Waals surface area contributed by atoms with Crippen LogP contribution in [0, 0.1) is 0 Å². The largest absolute Gasteiger partial charge is 0.380 e. The Balaban J connectivity index is 1.32. The number of benzene rings is 2. The van der Waals surface area contributed by atoms with E-state index in [4.69, 9.17) is 4.98 Å². The van der Waals surface area contributed by atoms with Gasteiger partial charge >= 0.3 is 0 Å². The van der Waals surface area contributed by atoms with Crippen molar-refractivity contribution < 1.29 is 9.18 Å². The van der Waals surface area contributed by atoms with Crippen molar-refractivity contribution in [1.82, 2.24) is 19.9 Å². The number of hydrogen-bond acceptors (Lipinski definition) is 7. The molecule has 3 N–H and O–H groups in total. The molecule has 1 amide bonds. The summed E-state index contributed by atoms with van der Waals surface area (Å²) in [6, 6.07) is 17.6. The molecule has 3 heterocycles. The average molecular weight is 484 g/mol. The molecular formula is C27H26FN7O. The molecule has 1 aliphatic heterocycles. The molecule has 0 atom stereocenters. The molecule has 36 heavy (non-hydrogen) atoms. The first-order chi connectivity index (χ1) is 17.6. The highest BCUT2D eigenvalue weighted by Gasteiger charge is 2.25. The SMILES string of the molecule is C=CC(=O)Nc1cccc(-c2nccc3cnc(Nc4ccc(NC5CN(CCF)C5)cc4)nc23)c1. The highest BCUT2D eigenvalue weighted by molar-refractivity contribution is 5.99. The summed E-state index contributed by atoms with van der Waals surface area (Å²) in [6.45, 7) is 5.40. The molecule has 1 saturated heterocycles. The van der Waals surface area contributed by atoms with Gasteiger partial charge in [-0.1, -0.05) is 18.7 Å². The number of rotatable bonds is 9. The second-order valence-electron chi connectivity index (χ2n) is 8.56. The van der Waals surface area contributed by atoms with Crippen molar-refractivity contribution in [3.05, 3.63) is 79.6 Å². The van der Waals surface area contributed by atoms with Gasteiger partial charge in [0.1, 0.15) is 12.2 Å². The minimum absolute atomic E-state index is 0.278. The molecular weight excluding hydrogens is 457 g/mol. The molecule has 0 spiro atoms. The maximum absolute atomic E-state index is 12.4. The molecule has 1 fully saturated rings. The molecule has 0 unspecified atom stereocenters. The molecule has 4 aromatic rings. The Bertz CT molecular complexity index is 1390. The number of nitrogens with one attached hydrogen (secondary N) is 3. The Hall–Kier alpha value is -4.37. The van der Waals surface area contributed by atoms with Crippen LogP contribution < -0.4 is 16.0 Å². The van der Waals surface area contributed by atoms with Gasteiger partial charge < -0.3 is 16.0 Å². The van der Waals surface area contributed by atoms with Gasteiger partial charge in [0.2, 0.25) is 11.9 Å². The molecule has 5 rings (SSSR count). The number of halogens is 1. The predicted molar refractivity (Wildman–Crippen MR) is 141 cm³/mol. The number of pyridine rings is 1. The molecule has 0 bridgehead atoms. The highest BCUT2D eigenvalue weighted by atomic mass is 19.1. The van der Waals surface area contributed by atoms with Gasteiger partial charge in [-0.25, -0.2) is 14.4 Å². The van der Waals surface area contributed by atoms with E-state index in [1.54, 1.807) is 12.4 Å². The van der Waals surface area contributed by atoms with E-state index in [-0.39, 0.29) is 12.6 Å². The van der Waals surface area contributed by atoms with Gasteiger partial charge in [-0.2, -0.15) is 0 Å².